The highest BCUT2D eigenvalue weighted by Crippen LogP contribution is 2.34. The monoisotopic (exact) mass is 458 g/mol. The first-order valence-corrected chi connectivity index (χ1v) is 11.2. The standard InChI is InChI=1S/C26H22N2O4S/c1-18-9-5-7-13-21(18)27-24(29)16-28-25(30)23(33-26(28)31)15-20-12-6-8-14-22(20)32-17-19-10-3-2-4-11-19/h2-15H,16-17H2,1H3,(H,27,29)/b23-15+. The van der Waals surface area contributed by atoms with Gasteiger partial charge < -0.3 is 10.1 Å². The fourth-order valence-electron chi connectivity index (χ4n) is 3.29. The van der Waals surface area contributed by atoms with Crippen LogP contribution in [0.4, 0.5) is 10.5 Å². The third-order valence-electron chi connectivity index (χ3n) is 5.04. The largest absolute Gasteiger partial charge is 0.488 e. The number of carbonyl (C=O) groups excluding carboxylic acids is 3. The van der Waals surface area contributed by atoms with Crippen LogP contribution in [0.25, 0.3) is 6.08 Å². The summed E-state index contributed by atoms with van der Waals surface area (Å²) in [5.41, 5.74) is 3.25. The topological polar surface area (TPSA) is 75.7 Å². The molecule has 33 heavy (non-hydrogen) atoms. The van der Waals surface area contributed by atoms with Gasteiger partial charge in [0.05, 0.1) is 4.91 Å². The second-order valence-corrected chi connectivity index (χ2v) is 8.44. The van der Waals surface area contributed by atoms with Gasteiger partial charge in [-0.05, 0) is 48.0 Å². The molecule has 1 fully saturated rings. The van der Waals surface area contributed by atoms with Crippen molar-refractivity contribution in [1.82, 2.24) is 4.90 Å². The lowest BCUT2D eigenvalue weighted by Gasteiger charge is -2.13. The Kier molecular flexibility index (Phi) is 6.90. The maximum absolute atomic E-state index is 12.9. The number of rotatable bonds is 7. The summed E-state index contributed by atoms with van der Waals surface area (Å²) in [6, 6.07) is 24.4. The van der Waals surface area contributed by atoms with Crippen LogP contribution < -0.4 is 10.1 Å². The van der Waals surface area contributed by atoms with Crippen molar-refractivity contribution in [2.24, 2.45) is 0 Å². The zero-order valence-electron chi connectivity index (χ0n) is 18.0. The molecule has 0 unspecified atom stereocenters. The lowest BCUT2D eigenvalue weighted by Crippen LogP contribution is -2.36. The molecule has 0 saturated carbocycles. The van der Waals surface area contributed by atoms with E-state index < -0.39 is 17.1 Å². The highest BCUT2D eigenvalue weighted by atomic mass is 32.2. The van der Waals surface area contributed by atoms with Gasteiger partial charge in [0, 0.05) is 11.3 Å². The molecule has 1 saturated heterocycles. The van der Waals surface area contributed by atoms with Crippen molar-refractivity contribution < 1.29 is 19.1 Å². The van der Waals surface area contributed by atoms with Crippen LogP contribution in [0.2, 0.25) is 0 Å². The predicted molar refractivity (Wildman–Crippen MR) is 130 cm³/mol. The summed E-state index contributed by atoms with van der Waals surface area (Å²) in [5, 5.41) is 2.27. The summed E-state index contributed by atoms with van der Waals surface area (Å²) >= 11 is 0.814. The predicted octanol–water partition coefficient (Wildman–Crippen LogP) is 5.25. The van der Waals surface area contributed by atoms with Crippen molar-refractivity contribution in [2.75, 3.05) is 11.9 Å². The van der Waals surface area contributed by atoms with Crippen LogP contribution in [-0.2, 0) is 16.2 Å². The lowest BCUT2D eigenvalue weighted by molar-refractivity contribution is -0.127. The Morgan fingerprint density at radius 3 is 2.45 bits per heavy atom. The van der Waals surface area contributed by atoms with Crippen LogP contribution in [0.5, 0.6) is 5.75 Å². The number of nitrogens with zero attached hydrogens (tertiary/aromatic N) is 1. The molecule has 166 valence electrons. The number of benzene rings is 3. The van der Waals surface area contributed by atoms with Crippen LogP contribution in [0, 0.1) is 6.92 Å². The summed E-state index contributed by atoms with van der Waals surface area (Å²) in [6.45, 7) is 1.91. The molecule has 3 aromatic rings. The van der Waals surface area contributed by atoms with Crippen molar-refractivity contribution in [3.8, 4) is 5.75 Å². The van der Waals surface area contributed by atoms with Crippen molar-refractivity contribution in [2.45, 2.75) is 13.5 Å². The SMILES string of the molecule is Cc1ccccc1NC(=O)CN1C(=O)S/C(=C/c2ccccc2OCc2ccccc2)C1=O. The van der Waals surface area contributed by atoms with E-state index in [9.17, 15) is 14.4 Å². The van der Waals surface area contributed by atoms with Gasteiger partial charge in [-0.3, -0.25) is 19.3 Å². The molecule has 1 aliphatic heterocycles. The number of amides is 3. The third-order valence-corrected chi connectivity index (χ3v) is 5.94. The average molecular weight is 459 g/mol. The van der Waals surface area contributed by atoms with E-state index in [2.05, 4.69) is 5.32 Å². The second kappa shape index (κ2) is 10.2. The molecule has 1 N–H and O–H groups in total. The molecule has 1 aliphatic rings. The number of ether oxygens (including phenoxy) is 1. The minimum absolute atomic E-state index is 0.249. The average Bonchev–Trinajstić information content (AvgIpc) is 3.08. The van der Waals surface area contributed by atoms with E-state index in [1.165, 1.54) is 0 Å². The van der Waals surface area contributed by atoms with Crippen molar-refractivity contribution in [3.63, 3.8) is 0 Å². The number of hydrogen-bond acceptors (Lipinski definition) is 5. The van der Waals surface area contributed by atoms with Gasteiger partial charge in [-0.25, -0.2) is 0 Å². The van der Waals surface area contributed by atoms with E-state index in [0.717, 1.165) is 27.8 Å². The minimum atomic E-state index is -0.497. The quantitative estimate of drug-likeness (QED) is 0.490. The van der Waals surface area contributed by atoms with Crippen LogP contribution >= 0.6 is 11.8 Å². The Hall–Kier alpha value is -3.84. The fraction of sp³-hybridized carbons (Fsp3) is 0.115. The van der Waals surface area contributed by atoms with Gasteiger partial charge in [0.2, 0.25) is 5.91 Å². The van der Waals surface area contributed by atoms with Gasteiger partial charge in [0.15, 0.2) is 0 Å². The fourth-order valence-corrected chi connectivity index (χ4v) is 4.12. The summed E-state index contributed by atoms with van der Waals surface area (Å²) < 4.78 is 5.94. The minimum Gasteiger partial charge on any atom is -0.488 e. The van der Waals surface area contributed by atoms with Crippen LogP contribution in [0.3, 0.4) is 0 Å². The van der Waals surface area contributed by atoms with Gasteiger partial charge in [0.25, 0.3) is 11.1 Å². The Labute approximate surface area is 196 Å². The molecule has 6 nitrogen and oxygen atoms in total. The molecule has 0 aromatic heterocycles. The van der Waals surface area contributed by atoms with E-state index >= 15 is 0 Å². The smallest absolute Gasteiger partial charge is 0.294 e. The number of carbonyl (C=O) groups is 3. The molecule has 0 atom stereocenters. The summed E-state index contributed by atoms with van der Waals surface area (Å²) in [5.74, 6) is -0.326. The van der Waals surface area contributed by atoms with Crippen LogP contribution in [0.1, 0.15) is 16.7 Å². The van der Waals surface area contributed by atoms with Gasteiger partial charge >= 0.3 is 0 Å². The lowest BCUT2D eigenvalue weighted by atomic mass is 10.1. The van der Waals surface area contributed by atoms with Gasteiger partial charge in [-0.1, -0.05) is 66.7 Å². The first-order chi connectivity index (χ1) is 16.0. The molecule has 4 rings (SSSR count). The molecule has 1 heterocycles. The highest BCUT2D eigenvalue weighted by Gasteiger charge is 2.36. The molecule has 0 spiro atoms. The molecule has 7 heteroatoms. The first-order valence-electron chi connectivity index (χ1n) is 10.4. The van der Waals surface area contributed by atoms with Gasteiger partial charge in [-0.2, -0.15) is 0 Å². The van der Waals surface area contributed by atoms with E-state index in [-0.39, 0.29) is 11.4 Å². The highest BCUT2D eigenvalue weighted by molar-refractivity contribution is 8.18. The van der Waals surface area contributed by atoms with Gasteiger partial charge in [0.1, 0.15) is 18.9 Å². The second-order valence-electron chi connectivity index (χ2n) is 7.44. The zero-order valence-corrected chi connectivity index (χ0v) is 18.8. The number of para-hydroxylation sites is 2. The number of aryl methyl sites for hydroxylation is 1. The third kappa shape index (κ3) is 5.51. The summed E-state index contributed by atoms with van der Waals surface area (Å²) in [4.78, 5) is 39.0. The molecular weight excluding hydrogens is 436 g/mol. The van der Waals surface area contributed by atoms with Crippen LogP contribution in [-0.4, -0.2) is 28.5 Å². The zero-order chi connectivity index (χ0) is 23.2. The normalized spacial score (nSPS) is 14.6. The van der Waals surface area contributed by atoms with Crippen molar-refractivity contribution in [3.05, 3.63) is 100 Å². The van der Waals surface area contributed by atoms with Crippen molar-refractivity contribution in [1.29, 1.82) is 0 Å². The molecular formula is C26H22N2O4S. The number of hydrogen-bond donors (Lipinski definition) is 1. The molecule has 0 aliphatic carbocycles. The molecule has 0 bridgehead atoms. The van der Waals surface area contributed by atoms with E-state index in [0.29, 0.717) is 23.6 Å². The Morgan fingerprint density at radius 1 is 0.970 bits per heavy atom. The Balaban J connectivity index is 1.45. The van der Waals surface area contributed by atoms with E-state index in [1.54, 1.807) is 12.1 Å². The Bertz CT molecular complexity index is 1220. The van der Waals surface area contributed by atoms with Gasteiger partial charge in [-0.15, -0.1) is 0 Å². The molecule has 3 amide bonds. The first kappa shape index (κ1) is 22.4. The summed E-state index contributed by atoms with van der Waals surface area (Å²) in [7, 11) is 0. The van der Waals surface area contributed by atoms with Crippen molar-refractivity contribution >= 4 is 40.6 Å². The summed E-state index contributed by atoms with van der Waals surface area (Å²) in [6.07, 6.45) is 1.63. The van der Waals surface area contributed by atoms with E-state index in [4.69, 9.17) is 4.74 Å². The van der Waals surface area contributed by atoms with Crippen LogP contribution in [0.15, 0.2) is 83.8 Å². The number of nitrogens with one attached hydrogen (secondary N) is 1. The number of anilines is 1. The molecule has 0 radical (unpaired) electrons. The number of imide groups is 1. The molecule has 3 aromatic carbocycles. The maximum Gasteiger partial charge on any atom is 0.294 e. The maximum atomic E-state index is 12.9. The Morgan fingerprint density at radius 2 is 1.67 bits per heavy atom. The number of thioether (sulfide) groups is 1. The van der Waals surface area contributed by atoms with E-state index in [1.807, 2.05) is 79.7 Å².